The maximum absolute atomic E-state index is 9.16. The standard InChI is InChI=1S/C14H22ClNOS/c1-10(9-17)18-13-11(6-5-7-12(13)15)8-16-14(2,3)4/h5-7,10,16-17H,8-9H2,1-4H3. The molecule has 0 aromatic heterocycles. The zero-order valence-corrected chi connectivity index (χ0v) is 13.0. The Hall–Kier alpha value is -0.220. The Bertz CT molecular complexity index is 390. The number of aliphatic hydroxyl groups is 1. The van der Waals surface area contributed by atoms with Crippen LogP contribution >= 0.6 is 23.4 Å². The molecule has 0 aliphatic rings. The van der Waals surface area contributed by atoms with Gasteiger partial charge in [0.05, 0.1) is 11.6 Å². The van der Waals surface area contributed by atoms with E-state index < -0.39 is 0 Å². The Morgan fingerprint density at radius 3 is 2.61 bits per heavy atom. The van der Waals surface area contributed by atoms with Crippen LogP contribution in [0.3, 0.4) is 0 Å². The summed E-state index contributed by atoms with van der Waals surface area (Å²) in [5, 5.41) is 13.5. The molecular weight excluding hydrogens is 266 g/mol. The van der Waals surface area contributed by atoms with Gasteiger partial charge in [0.15, 0.2) is 0 Å². The molecule has 0 radical (unpaired) electrons. The average molecular weight is 288 g/mol. The van der Waals surface area contributed by atoms with Gasteiger partial charge in [-0.15, -0.1) is 11.8 Å². The van der Waals surface area contributed by atoms with Gasteiger partial charge in [-0.3, -0.25) is 0 Å². The van der Waals surface area contributed by atoms with E-state index in [1.807, 2.05) is 19.1 Å². The second kappa shape index (κ2) is 6.80. The summed E-state index contributed by atoms with van der Waals surface area (Å²) in [7, 11) is 0. The van der Waals surface area contributed by atoms with Crippen LogP contribution in [0.2, 0.25) is 5.02 Å². The van der Waals surface area contributed by atoms with Crippen molar-refractivity contribution < 1.29 is 5.11 Å². The minimum atomic E-state index is 0.0762. The Morgan fingerprint density at radius 1 is 1.39 bits per heavy atom. The lowest BCUT2D eigenvalue weighted by molar-refractivity contribution is 0.300. The molecule has 0 spiro atoms. The molecule has 2 nitrogen and oxygen atoms in total. The maximum atomic E-state index is 9.16. The van der Waals surface area contributed by atoms with Crippen molar-refractivity contribution in [3.8, 4) is 0 Å². The Kier molecular flexibility index (Phi) is 5.99. The maximum Gasteiger partial charge on any atom is 0.0550 e. The minimum Gasteiger partial charge on any atom is -0.395 e. The molecule has 0 amide bonds. The third-order valence-electron chi connectivity index (χ3n) is 2.43. The molecule has 0 heterocycles. The highest BCUT2D eigenvalue weighted by molar-refractivity contribution is 8.00. The number of hydrogen-bond acceptors (Lipinski definition) is 3. The van der Waals surface area contributed by atoms with E-state index in [0.29, 0.717) is 0 Å². The first-order chi connectivity index (χ1) is 8.33. The second-order valence-corrected chi connectivity index (χ2v) is 7.30. The van der Waals surface area contributed by atoms with Crippen LogP contribution in [0.1, 0.15) is 33.3 Å². The molecule has 1 atom stereocenters. The van der Waals surface area contributed by atoms with Gasteiger partial charge < -0.3 is 10.4 Å². The van der Waals surface area contributed by atoms with Crippen molar-refractivity contribution in [1.29, 1.82) is 0 Å². The zero-order valence-electron chi connectivity index (χ0n) is 11.5. The second-order valence-electron chi connectivity index (χ2n) is 5.44. The molecule has 0 saturated heterocycles. The first kappa shape index (κ1) is 15.8. The molecule has 1 rings (SSSR count). The van der Waals surface area contributed by atoms with E-state index in [4.69, 9.17) is 16.7 Å². The molecule has 0 bridgehead atoms. The normalized spacial score (nSPS) is 13.7. The fourth-order valence-corrected chi connectivity index (χ4v) is 2.70. The summed E-state index contributed by atoms with van der Waals surface area (Å²) >= 11 is 7.88. The first-order valence-electron chi connectivity index (χ1n) is 6.13. The van der Waals surface area contributed by atoms with Gasteiger partial charge in [0.1, 0.15) is 0 Å². The third-order valence-corrected chi connectivity index (χ3v) is 4.13. The lowest BCUT2D eigenvalue weighted by atomic mass is 10.1. The summed E-state index contributed by atoms with van der Waals surface area (Å²) in [6.07, 6.45) is 0. The van der Waals surface area contributed by atoms with Crippen molar-refractivity contribution in [3.05, 3.63) is 28.8 Å². The molecule has 1 aromatic carbocycles. The van der Waals surface area contributed by atoms with Crippen LogP contribution in [0, 0.1) is 0 Å². The van der Waals surface area contributed by atoms with Crippen LogP contribution < -0.4 is 5.32 Å². The Labute approximate surface area is 119 Å². The van der Waals surface area contributed by atoms with Crippen molar-refractivity contribution in [2.24, 2.45) is 0 Å². The van der Waals surface area contributed by atoms with Crippen molar-refractivity contribution in [3.63, 3.8) is 0 Å². The van der Waals surface area contributed by atoms with Crippen LogP contribution in [-0.4, -0.2) is 22.5 Å². The van der Waals surface area contributed by atoms with Crippen LogP contribution in [-0.2, 0) is 6.54 Å². The molecule has 102 valence electrons. The molecule has 18 heavy (non-hydrogen) atoms. The van der Waals surface area contributed by atoms with Gasteiger partial charge in [-0.2, -0.15) is 0 Å². The van der Waals surface area contributed by atoms with E-state index in [2.05, 4.69) is 32.2 Å². The van der Waals surface area contributed by atoms with Crippen molar-refractivity contribution >= 4 is 23.4 Å². The number of rotatable bonds is 5. The van der Waals surface area contributed by atoms with E-state index in [1.165, 1.54) is 5.56 Å². The van der Waals surface area contributed by atoms with E-state index in [9.17, 15) is 0 Å². The van der Waals surface area contributed by atoms with Crippen molar-refractivity contribution in [2.45, 2.75) is 49.9 Å². The lowest BCUT2D eigenvalue weighted by Crippen LogP contribution is -2.35. The smallest absolute Gasteiger partial charge is 0.0550 e. The van der Waals surface area contributed by atoms with Crippen molar-refractivity contribution in [2.75, 3.05) is 6.61 Å². The fourth-order valence-electron chi connectivity index (χ4n) is 1.42. The molecule has 1 aromatic rings. The van der Waals surface area contributed by atoms with Gasteiger partial charge in [0, 0.05) is 22.2 Å². The lowest BCUT2D eigenvalue weighted by Gasteiger charge is -2.22. The molecule has 0 fully saturated rings. The topological polar surface area (TPSA) is 32.3 Å². The molecule has 0 saturated carbocycles. The molecule has 1 unspecified atom stereocenters. The summed E-state index contributed by atoms with van der Waals surface area (Å²) in [6.45, 7) is 9.35. The number of halogens is 1. The highest BCUT2D eigenvalue weighted by Gasteiger charge is 2.14. The molecule has 2 N–H and O–H groups in total. The van der Waals surface area contributed by atoms with Gasteiger partial charge in [-0.05, 0) is 32.4 Å². The van der Waals surface area contributed by atoms with Gasteiger partial charge in [0.2, 0.25) is 0 Å². The number of benzene rings is 1. The molecule has 4 heteroatoms. The van der Waals surface area contributed by atoms with Gasteiger partial charge in [-0.1, -0.05) is 30.7 Å². The van der Waals surface area contributed by atoms with Crippen LogP contribution in [0.4, 0.5) is 0 Å². The third kappa shape index (κ3) is 5.19. The van der Waals surface area contributed by atoms with Crippen LogP contribution in [0.5, 0.6) is 0 Å². The Morgan fingerprint density at radius 2 is 2.06 bits per heavy atom. The zero-order chi connectivity index (χ0) is 13.8. The summed E-state index contributed by atoms with van der Waals surface area (Å²) in [6, 6.07) is 5.95. The number of aliphatic hydroxyl groups excluding tert-OH is 1. The van der Waals surface area contributed by atoms with Gasteiger partial charge in [0.25, 0.3) is 0 Å². The largest absolute Gasteiger partial charge is 0.395 e. The SMILES string of the molecule is CC(CO)Sc1c(Cl)cccc1CNC(C)(C)C. The Balaban J connectivity index is 2.86. The summed E-state index contributed by atoms with van der Waals surface area (Å²) in [5.41, 5.74) is 1.26. The van der Waals surface area contributed by atoms with Crippen molar-refractivity contribution in [1.82, 2.24) is 5.32 Å². The first-order valence-corrected chi connectivity index (χ1v) is 7.39. The number of thioether (sulfide) groups is 1. The molecule has 0 aliphatic carbocycles. The van der Waals surface area contributed by atoms with Gasteiger partial charge >= 0.3 is 0 Å². The van der Waals surface area contributed by atoms with Crippen LogP contribution in [0.25, 0.3) is 0 Å². The average Bonchev–Trinajstić information content (AvgIpc) is 2.28. The fraction of sp³-hybridized carbons (Fsp3) is 0.571. The number of hydrogen-bond donors (Lipinski definition) is 2. The monoisotopic (exact) mass is 287 g/mol. The molecular formula is C14H22ClNOS. The predicted molar refractivity (Wildman–Crippen MR) is 80.4 cm³/mol. The summed E-state index contributed by atoms with van der Waals surface area (Å²) in [5.74, 6) is 0. The van der Waals surface area contributed by atoms with E-state index in [-0.39, 0.29) is 17.4 Å². The summed E-state index contributed by atoms with van der Waals surface area (Å²) < 4.78 is 0. The van der Waals surface area contributed by atoms with E-state index in [1.54, 1.807) is 11.8 Å². The highest BCUT2D eigenvalue weighted by atomic mass is 35.5. The van der Waals surface area contributed by atoms with Gasteiger partial charge in [-0.25, -0.2) is 0 Å². The predicted octanol–water partition coefficient (Wildman–Crippen LogP) is 3.70. The van der Waals surface area contributed by atoms with E-state index >= 15 is 0 Å². The summed E-state index contributed by atoms with van der Waals surface area (Å²) in [4.78, 5) is 1.07. The minimum absolute atomic E-state index is 0.0762. The van der Waals surface area contributed by atoms with E-state index in [0.717, 1.165) is 16.5 Å². The quantitative estimate of drug-likeness (QED) is 0.810. The molecule has 0 aliphatic heterocycles. The van der Waals surface area contributed by atoms with Crippen LogP contribution in [0.15, 0.2) is 23.1 Å². The highest BCUT2D eigenvalue weighted by Crippen LogP contribution is 2.33. The number of nitrogens with one attached hydrogen (secondary N) is 1.